The SMILES string of the molecule is CCCCCCCCCCCCCCCCS(=O)(=O)S.[KH]. The molecule has 0 aliphatic heterocycles. The predicted octanol–water partition coefficient (Wildman–Crippen LogP) is 5.08. The molecular formula is C16H35KO2S2. The normalized spacial score (nSPS) is 11.3. The Balaban J connectivity index is 0. The zero-order chi connectivity index (χ0) is 15.1. The zero-order valence-corrected chi connectivity index (χ0v) is 15.0. The number of thiol groups is 1. The molecule has 0 saturated carbocycles. The zero-order valence-electron chi connectivity index (χ0n) is 13.3. The van der Waals surface area contributed by atoms with Crippen LogP contribution in [0.2, 0.25) is 0 Å². The van der Waals surface area contributed by atoms with Gasteiger partial charge in [-0.15, -0.1) is 0 Å². The van der Waals surface area contributed by atoms with Crippen LogP contribution in [-0.4, -0.2) is 65.6 Å². The molecule has 0 aliphatic rings. The van der Waals surface area contributed by atoms with Crippen molar-refractivity contribution < 1.29 is 8.42 Å². The predicted molar refractivity (Wildman–Crippen MR) is 100 cm³/mol. The Labute approximate surface area is 180 Å². The molecule has 0 aliphatic carbocycles. The average molecular weight is 363 g/mol. The van der Waals surface area contributed by atoms with Gasteiger partial charge in [0, 0.05) is 0 Å². The summed E-state index contributed by atoms with van der Waals surface area (Å²) in [5, 5.41) is 0. The second kappa shape index (κ2) is 18.3. The molecule has 2 nitrogen and oxygen atoms in total. The molecule has 0 saturated heterocycles. The van der Waals surface area contributed by atoms with Gasteiger partial charge in [-0.25, -0.2) is 8.42 Å². The molecule has 0 N–H and O–H groups in total. The Morgan fingerprint density at radius 3 is 1.19 bits per heavy atom. The molecule has 0 radical (unpaired) electrons. The topological polar surface area (TPSA) is 34.1 Å². The Morgan fingerprint density at radius 1 is 0.619 bits per heavy atom. The molecule has 21 heavy (non-hydrogen) atoms. The Hall–Kier alpha value is 1.94. The standard InChI is InChI=1S/C16H34O2S2.K.H/c1-2-3-4-5-6-7-8-9-10-11-12-13-14-15-16-20(17,18)19;;/h2-16H2,1H3,(H,17,18,19);;. The molecule has 0 atom stereocenters. The van der Waals surface area contributed by atoms with Gasteiger partial charge in [0.25, 0.3) is 0 Å². The Kier molecular flexibility index (Phi) is 21.9. The number of hydrogen-bond acceptors (Lipinski definition) is 2. The van der Waals surface area contributed by atoms with E-state index in [1.165, 1.54) is 77.0 Å². The van der Waals surface area contributed by atoms with Crippen molar-refractivity contribution >= 4 is 71.9 Å². The van der Waals surface area contributed by atoms with Gasteiger partial charge < -0.3 is 0 Å². The summed E-state index contributed by atoms with van der Waals surface area (Å²) in [4.78, 5) is 0. The molecule has 124 valence electrons. The molecule has 0 amide bonds. The first-order chi connectivity index (χ1) is 9.56. The van der Waals surface area contributed by atoms with Gasteiger partial charge in [-0.05, 0) is 18.1 Å². The second-order valence-electron chi connectivity index (χ2n) is 5.88. The van der Waals surface area contributed by atoms with Gasteiger partial charge in [-0.3, -0.25) is 0 Å². The first-order valence-corrected chi connectivity index (χ1v) is 11.2. The van der Waals surface area contributed by atoms with Crippen molar-refractivity contribution in [2.24, 2.45) is 0 Å². The fraction of sp³-hybridized carbons (Fsp3) is 1.00. The molecule has 0 fully saturated rings. The number of rotatable bonds is 15. The summed E-state index contributed by atoms with van der Waals surface area (Å²) in [5.41, 5.74) is 0. The van der Waals surface area contributed by atoms with Gasteiger partial charge in [0.1, 0.15) is 0 Å². The van der Waals surface area contributed by atoms with E-state index in [1.54, 1.807) is 0 Å². The third-order valence-electron chi connectivity index (χ3n) is 3.76. The van der Waals surface area contributed by atoms with Crippen molar-refractivity contribution in [1.82, 2.24) is 0 Å². The molecule has 0 aromatic heterocycles. The summed E-state index contributed by atoms with van der Waals surface area (Å²) >= 11 is 3.54. The van der Waals surface area contributed by atoms with Crippen molar-refractivity contribution in [2.75, 3.05) is 5.75 Å². The van der Waals surface area contributed by atoms with Crippen molar-refractivity contribution in [3.63, 3.8) is 0 Å². The van der Waals surface area contributed by atoms with E-state index in [4.69, 9.17) is 0 Å². The van der Waals surface area contributed by atoms with E-state index in [9.17, 15) is 8.42 Å². The summed E-state index contributed by atoms with van der Waals surface area (Å²) < 4.78 is 21.6. The van der Waals surface area contributed by atoms with Crippen LogP contribution < -0.4 is 0 Å². The summed E-state index contributed by atoms with van der Waals surface area (Å²) in [6, 6.07) is 0. The number of unbranched alkanes of at least 4 members (excludes halogenated alkanes) is 13. The van der Waals surface area contributed by atoms with Gasteiger partial charge in [0.2, 0.25) is 0 Å². The van der Waals surface area contributed by atoms with E-state index in [0.29, 0.717) is 0 Å². The van der Waals surface area contributed by atoms with Crippen LogP contribution in [0.3, 0.4) is 0 Å². The van der Waals surface area contributed by atoms with E-state index in [-0.39, 0.29) is 57.1 Å². The molecule has 0 bridgehead atoms. The first kappa shape index (κ1) is 25.2. The Bertz CT molecular complexity index is 293. The molecule has 5 heteroatoms. The molecule has 0 unspecified atom stereocenters. The molecule has 0 spiro atoms. The van der Waals surface area contributed by atoms with Gasteiger partial charge in [-0.2, -0.15) is 0 Å². The number of hydrogen-bond donors (Lipinski definition) is 1. The van der Waals surface area contributed by atoms with E-state index < -0.39 is 8.87 Å². The fourth-order valence-corrected chi connectivity index (χ4v) is 3.44. The van der Waals surface area contributed by atoms with Crippen LogP contribution in [0.4, 0.5) is 0 Å². The summed E-state index contributed by atoms with van der Waals surface area (Å²) in [6.45, 7) is 2.26. The third kappa shape index (κ3) is 24.3. The first-order valence-electron chi connectivity index (χ1n) is 8.51. The fourth-order valence-electron chi connectivity index (χ4n) is 2.48. The van der Waals surface area contributed by atoms with Crippen LogP contribution in [-0.2, 0) is 8.87 Å². The molecule has 0 rings (SSSR count). The monoisotopic (exact) mass is 362 g/mol. The van der Waals surface area contributed by atoms with Crippen LogP contribution in [0.25, 0.3) is 0 Å². The van der Waals surface area contributed by atoms with Crippen LogP contribution in [0.1, 0.15) is 96.8 Å². The van der Waals surface area contributed by atoms with Gasteiger partial charge in [0.15, 0.2) is 8.87 Å². The summed E-state index contributed by atoms with van der Waals surface area (Å²) in [7, 11) is -3.05. The van der Waals surface area contributed by atoms with Crippen molar-refractivity contribution in [1.29, 1.82) is 0 Å². The van der Waals surface area contributed by atoms with Gasteiger partial charge in [-0.1, -0.05) is 90.4 Å². The third-order valence-corrected chi connectivity index (χ3v) is 5.11. The molecule has 0 aromatic carbocycles. The Morgan fingerprint density at radius 2 is 0.905 bits per heavy atom. The average Bonchev–Trinajstić information content (AvgIpc) is 2.38. The van der Waals surface area contributed by atoms with Crippen molar-refractivity contribution in [3.8, 4) is 0 Å². The quantitative estimate of drug-likeness (QED) is 0.191. The van der Waals surface area contributed by atoms with E-state index in [2.05, 4.69) is 18.6 Å². The maximum absolute atomic E-state index is 10.8. The minimum absolute atomic E-state index is 0. The van der Waals surface area contributed by atoms with Crippen LogP contribution in [0.5, 0.6) is 0 Å². The molecule has 0 heterocycles. The van der Waals surface area contributed by atoms with E-state index in [1.807, 2.05) is 0 Å². The maximum atomic E-state index is 10.8. The second-order valence-corrected chi connectivity index (χ2v) is 9.12. The minimum atomic E-state index is -3.05. The van der Waals surface area contributed by atoms with Crippen molar-refractivity contribution in [2.45, 2.75) is 96.8 Å². The molecule has 0 aromatic rings. The molecular weight excluding hydrogens is 327 g/mol. The van der Waals surface area contributed by atoms with Gasteiger partial charge in [0.05, 0.1) is 5.75 Å². The van der Waals surface area contributed by atoms with Crippen LogP contribution >= 0.6 is 11.7 Å². The van der Waals surface area contributed by atoms with E-state index >= 15 is 0 Å². The van der Waals surface area contributed by atoms with Crippen LogP contribution in [0.15, 0.2) is 0 Å². The van der Waals surface area contributed by atoms with Crippen LogP contribution in [0, 0.1) is 0 Å². The van der Waals surface area contributed by atoms with Gasteiger partial charge >= 0.3 is 51.4 Å². The van der Waals surface area contributed by atoms with Crippen molar-refractivity contribution in [3.05, 3.63) is 0 Å². The summed E-state index contributed by atoms with van der Waals surface area (Å²) in [5.74, 6) is 0.230. The summed E-state index contributed by atoms with van der Waals surface area (Å²) in [6.07, 6.45) is 18.0. The van der Waals surface area contributed by atoms with E-state index in [0.717, 1.165) is 12.8 Å².